The molecule has 1 aromatic carbocycles. The number of carbonyl (C=O) groups excluding carboxylic acids is 1. The van der Waals surface area contributed by atoms with Crippen LogP contribution in [0.15, 0.2) is 24.3 Å². The van der Waals surface area contributed by atoms with Crippen molar-refractivity contribution in [1.29, 1.82) is 0 Å². The molecule has 1 rings (SSSR count). The molecule has 0 spiro atoms. The summed E-state index contributed by atoms with van der Waals surface area (Å²) >= 11 is 0. The lowest BCUT2D eigenvalue weighted by Gasteiger charge is -2.17. The second-order valence-electron chi connectivity index (χ2n) is 5.13. The van der Waals surface area contributed by atoms with Crippen LogP contribution in [-0.2, 0) is 11.0 Å². The Bertz CT molecular complexity index is 481. The third kappa shape index (κ3) is 7.22. The van der Waals surface area contributed by atoms with Crippen LogP contribution in [0.1, 0.15) is 43.7 Å². The molecular weight excluding hydrogens is 329 g/mol. The van der Waals surface area contributed by atoms with E-state index in [2.05, 4.69) is 10.6 Å². The number of nitrogens with one attached hydrogen (secondary N) is 2. The van der Waals surface area contributed by atoms with Crippen molar-refractivity contribution in [2.45, 2.75) is 38.8 Å². The Kier molecular flexibility index (Phi) is 9.91. The molecule has 0 bridgehead atoms. The van der Waals surface area contributed by atoms with Crippen LogP contribution in [0, 0.1) is 0 Å². The minimum atomic E-state index is -4.39. The lowest BCUT2D eigenvalue weighted by molar-refractivity contribution is -0.137. The highest BCUT2D eigenvalue weighted by molar-refractivity contribution is 5.85. The summed E-state index contributed by atoms with van der Waals surface area (Å²) < 4.78 is 38.2. The van der Waals surface area contributed by atoms with Crippen LogP contribution in [0.2, 0.25) is 0 Å². The Balaban J connectivity index is 0.00000484. The van der Waals surface area contributed by atoms with Gasteiger partial charge in [0, 0.05) is 13.1 Å². The fourth-order valence-corrected chi connectivity index (χ4v) is 2.20. The van der Waals surface area contributed by atoms with Gasteiger partial charge < -0.3 is 10.6 Å². The topological polar surface area (TPSA) is 41.1 Å². The first-order valence-electron chi connectivity index (χ1n) is 7.55. The number of halogens is 4. The van der Waals surface area contributed by atoms with Gasteiger partial charge >= 0.3 is 6.18 Å². The van der Waals surface area contributed by atoms with Crippen molar-refractivity contribution in [3.63, 3.8) is 0 Å². The number of carbonyl (C=O) groups is 1. The number of rotatable bonds is 8. The number of benzene rings is 1. The molecule has 132 valence electrons. The summed E-state index contributed by atoms with van der Waals surface area (Å²) in [6.07, 6.45) is -2.93. The van der Waals surface area contributed by atoms with E-state index >= 15 is 0 Å². The zero-order chi connectivity index (χ0) is 16.6. The number of hydrogen-bond donors (Lipinski definition) is 2. The van der Waals surface area contributed by atoms with Crippen LogP contribution in [0.4, 0.5) is 13.2 Å². The van der Waals surface area contributed by atoms with Gasteiger partial charge in [0.2, 0.25) is 5.91 Å². The second-order valence-corrected chi connectivity index (χ2v) is 5.13. The van der Waals surface area contributed by atoms with E-state index in [1.54, 1.807) is 13.0 Å². The van der Waals surface area contributed by atoms with Crippen LogP contribution >= 0.6 is 12.4 Å². The van der Waals surface area contributed by atoms with Crippen molar-refractivity contribution in [2.24, 2.45) is 0 Å². The largest absolute Gasteiger partial charge is 0.416 e. The Hall–Kier alpha value is -1.27. The summed E-state index contributed by atoms with van der Waals surface area (Å²) in [6.45, 7) is 5.83. The molecule has 0 saturated heterocycles. The van der Waals surface area contributed by atoms with E-state index < -0.39 is 17.7 Å². The van der Waals surface area contributed by atoms with Crippen LogP contribution in [0.3, 0.4) is 0 Å². The molecule has 0 aromatic heterocycles. The normalized spacial score (nSPS) is 12.4. The molecule has 0 heterocycles. The maximum Gasteiger partial charge on any atom is 0.416 e. The molecule has 1 unspecified atom stereocenters. The molecule has 1 amide bonds. The van der Waals surface area contributed by atoms with E-state index in [1.807, 2.05) is 6.92 Å². The summed E-state index contributed by atoms with van der Waals surface area (Å²) in [7, 11) is 0. The van der Waals surface area contributed by atoms with Crippen molar-refractivity contribution < 1.29 is 18.0 Å². The third-order valence-corrected chi connectivity index (χ3v) is 3.37. The molecule has 1 aromatic rings. The number of amides is 1. The van der Waals surface area contributed by atoms with Gasteiger partial charge in [-0.3, -0.25) is 4.79 Å². The van der Waals surface area contributed by atoms with Gasteiger partial charge in [-0.2, -0.15) is 13.2 Å². The van der Waals surface area contributed by atoms with Gasteiger partial charge in [-0.25, -0.2) is 0 Å². The average Bonchev–Trinajstić information content (AvgIpc) is 2.47. The molecule has 7 heteroatoms. The van der Waals surface area contributed by atoms with Crippen molar-refractivity contribution >= 4 is 18.3 Å². The Morgan fingerprint density at radius 3 is 2.43 bits per heavy atom. The predicted molar refractivity (Wildman–Crippen MR) is 87.9 cm³/mol. The van der Waals surface area contributed by atoms with Crippen LogP contribution in [0.25, 0.3) is 0 Å². The van der Waals surface area contributed by atoms with Gasteiger partial charge in [0.1, 0.15) is 0 Å². The van der Waals surface area contributed by atoms with Crippen molar-refractivity contribution in [3.8, 4) is 0 Å². The first kappa shape index (κ1) is 21.7. The van der Waals surface area contributed by atoms with Crippen LogP contribution in [0.5, 0.6) is 0 Å². The monoisotopic (exact) mass is 352 g/mol. The summed E-state index contributed by atoms with van der Waals surface area (Å²) in [4.78, 5) is 12.1. The lowest BCUT2D eigenvalue weighted by atomic mass is 9.94. The quantitative estimate of drug-likeness (QED) is 0.700. The van der Waals surface area contributed by atoms with E-state index in [0.29, 0.717) is 25.1 Å². The summed E-state index contributed by atoms with van der Waals surface area (Å²) in [5.41, 5.74) is -0.322. The standard InChI is InChI=1S/C16H23F3N2O.ClH/c1-3-8-20-9-10-21-15(22)14(4-2)12-6-5-7-13(11-12)16(17,18)19;/h5-7,11,14,20H,3-4,8-10H2,1-2H3,(H,21,22);1H. The Labute approximate surface area is 141 Å². The van der Waals surface area contributed by atoms with Gasteiger partial charge in [0.25, 0.3) is 0 Å². The fraction of sp³-hybridized carbons (Fsp3) is 0.562. The lowest BCUT2D eigenvalue weighted by Crippen LogP contribution is -2.35. The van der Waals surface area contributed by atoms with E-state index in [9.17, 15) is 18.0 Å². The van der Waals surface area contributed by atoms with Gasteiger partial charge in [0.15, 0.2) is 0 Å². The number of hydrogen-bond acceptors (Lipinski definition) is 2. The summed E-state index contributed by atoms with van der Waals surface area (Å²) in [6, 6.07) is 4.99. The summed E-state index contributed by atoms with van der Waals surface area (Å²) in [5, 5.41) is 5.92. The fourth-order valence-electron chi connectivity index (χ4n) is 2.20. The van der Waals surface area contributed by atoms with Crippen molar-refractivity contribution in [1.82, 2.24) is 10.6 Å². The average molecular weight is 353 g/mol. The molecule has 0 aliphatic carbocycles. The SMILES string of the molecule is CCCNCCNC(=O)C(CC)c1cccc(C(F)(F)F)c1.Cl. The molecule has 0 saturated carbocycles. The van der Waals surface area contributed by atoms with E-state index in [0.717, 1.165) is 25.1 Å². The molecule has 0 fully saturated rings. The molecule has 1 atom stereocenters. The van der Waals surface area contributed by atoms with E-state index in [-0.39, 0.29) is 18.3 Å². The summed E-state index contributed by atoms with van der Waals surface area (Å²) in [5.74, 6) is -0.798. The van der Waals surface area contributed by atoms with E-state index in [4.69, 9.17) is 0 Å². The molecule has 0 radical (unpaired) electrons. The Morgan fingerprint density at radius 1 is 1.17 bits per heavy atom. The molecule has 3 nitrogen and oxygen atoms in total. The zero-order valence-electron chi connectivity index (χ0n) is 13.4. The van der Waals surface area contributed by atoms with E-state index in [1.165, 1.54) is 6.07 Å². The smallest absolute Gasteiger partial charge is 0.354 e. The Morgan fingerprint density at radius 2 is 1.87 bits per heavy atom. The van der Waals surface area contributed by atoms with Crippen LogP contribution < -0.4 is 10.6 Å². The van der Waals surface area contributed by atoms with Gasteiger partial charge in [-0.15, -0.1) is 12.4 Å². The van der Waals surface area contributed by atoms with Crippen LogP contribution in [-0.4, -0.2) is 25.5 Å². The van der Waals surface area contributed by atoms with Gasteiger partial charge in [0.05, 0.1) is 11.5 Å². The number of alkyl halides is 3. The first-order valence-corrected chi connectivity index (χ1v) is 7.55. The molecule has 0 aliphatic heterocycles. The highest BCUT2D eigenvalue weighted by Crippen LogP contribution is 2.31. The first-order chi connectivity index (χ1) is 10.4. The maximum atomic E-state index is 12.7. The molecular formula is C16H24ClF3N2O. The molecule has 23 heavy (non-hydrogen) atoms. The molecule has 0 aliphatic rings. The maximum absolute atomic E-state index is 12.7. The van der Waals surface area contributed by atoms with Crippen molar-refractivity contribution in [2.75, 3.05) is 19.6 Å². The predicted octanol–water partition coefficient (Wildman–Crippen LogP) is 3.74. The minimum absolute atomic E-state index is 0. The highest BCUT2D eigenvalue weighted by atomic mass is 35.5. The van der Waals surface area contributed by atoms with Gasteiger partial charge in [-0.05, 0) is 31.0 Å². The molecule has 2 N–H and O–H groups in total. The second kappa shape index (κ2) is 10.5. The van der Waals surface area contributed by atoms with Gasteiger partial charge in [-0.1, -0.05) is 32.0 Å². The highest BCUT2D eigenvalue weighted by Gasteiger charge is 2.31. The minimum Gasteiger partial charge on any atom is -0.354 e. The third-order valence-electron chi connectivity index (χ3n) is 3.37. The zero-order valence-corrected chi connectivity index (χ0v) is 14.2. The van der Waals surface area contributed by atoms with Crippen molar-refractivity contribution in [3.05, 3.63) is 35.4 Å².